The predicted molar refractivity (Wildman–Crippen MR) is 102 cm³/mol. The number of nitrogens with zero attached hydrogens (tertiary/aromatic N) is 1. The van der Waals surface area contributed by atoms with Gasteiger partial charge in [0.05, 0.1) is 11.4 Å². The Kier molecular flexibility index (Phi) is 5.61. The topological polar surface area (TPSA) is 83.9 Å². The van der Waals surface area contributed by atoms with E-state index in [9.17, 15) is 14.4 Å². The van der Waals surface area contributed by atoms with Crippen molar-refractivity contribution in [1.29, 1.82) is 0 Å². The monoisotopic (exact) mass is 383 g/mol. The Morgan fingerprint density at radius 1 is 1.19 bits per heavy atom. The number of imide groups is 1. The largest absolute Gasteiger partial charge is 0.479 e. The number of amides is 2. The van der Waals surface area contributed by atoms with Crippen molar-refractivity contribution in [3.63, 3.8) is 0 Å². The van der Waals surface area contributed by atoms with Crippen LogP contribution in [-0.2, 0) is 16.1 Å². The Morgan fingerprint density at radius 3 is 2.63 bits per heavy atom. The molecule has 0 spiro atoms. The first-order chi connectivity index (χ1) is 12.9. The minimum Gasteiger partial charge on any atom is -0.479 e. The molecule has 138 valence electrons. The van der Waals surface area contributed by atoms with Crippen molar-refractivity contribution in [2.75, 3.05) is 0 Å². The fraction of sp³-hybridized carbons (Fsp3) is 0.150. The molecule has 7 heteroatoms. The lowest BCUT2D eigenvalue weighted by Gasteiger charge is -2.12. The van der Waals surface area contributed by atoms with Crippen molar-refractivity contribution < 1.29 is 24.2 Å². The number of ether oxygens (including phenoxy) is 1. The van der Waals surface area contributed by atoms with Crippen LogP contribution in [0.2, 0.25) is 0 Å². The summed E-state index contributed by atoms with van der Waals surface area (Å²) >= 11 is 0.884. The van der Waals surface area contributed by atoms with E-state index in [1.165, 1.54) is 11.8 Å². The molecule has 2 aromatic carbocycles. The third-order valence-corrected chi connectivity index (χ3v) is 4.78. The van der Waals surface area contributed by atoms with E-state index in [4.69, 9.17) is 9.84 Å². The maximum Gasteiger partial charge on any atom is 0.344 e. The molecule has 3 rings (SSSR count). The van der Waals surface area contributed by atoms with Gasteiger partial charge in [0.25, 0.3) is 11.1 Å². The van der Waals surface area contributed by atoms with Gasteiger partial charge in [-0.15, -0.1) is 0 Å². The van der Waals surface area contributed by atoms with Gasteiger partial charge in [-0.05, 0) is 48.0 Å². The van der Waals surface area contributed by atoms with Crippen LogP contribution in [-0.4, -0.2) is 33.2 Å². The van der Waals surface area contributed by atoms with Crippen molar-refractivity contribution >= 4 is 35.0 Å². The van der Waals surface area contributed by atoms with Crippen molar-refractivity contribution in [1.82, 2.24) is 4.90 Å². The van der Waals surface area contributed by atoms with Crippen LogP contribution < -0.4 is 4.74 Å². The number of carbonyl (C=O) groups is 3. The lowest BCUT2D eigenvalue weighted by atomic mass is 10.2. The quantitative estimate of drug-likeness (QED) is 0.765. The van der Waals surface area contributed by atoms with Gasteiger partial charge in [-0.1, -0.05) is 42.5 Å². The van der Waals surface area contributed by atoms with E-state index in [0.717, 1.165) is 17.3 Å². The minimum absolute atomic E-state index is 0.224. The van der Waals surface area contributed by atoms with Gasteiger partial charge >= 0.3 is 5.97 Å². The van der Waals surface area contributed by atoms with E-state index in [1.807, 2.05) is 30.3 Å². The number of carbonyl (C=O) groups excluding carboxylic acids is 2. The molecule has 2 amide bonds. The van der Waals surface area contributed by atoms with Crippen LogP contribution in [0, 0.1) is 0 Å². The molecule has 27 heavy (non-hydrogen) atoms. The van der Waals surface area contributed by atoms with Crippen LogP contribution in [0.3, 0.4) is 0 Å². The summed E-state index contributed by atoms with van der Waals surface area (Å²) in [5, 5.41) is 8.61. The second-order valence-corrected chi connectivity index (χ2v) is 6.92. The van der Waals surface area contributed by atoms with Crippen LogP contribution in [0.5, 0.6) is 5.75 Å². The molecule has 0 radical (unpaired) electrons. The zero-order valence-electron chi connectivity index (χ0n) is 14.5. The Morgan fingerprint density at radius 2 is 1.93 bits per heavy atom. The third-order valence-electron chi connectivity index (χ3n) is 3.87. The summed E-state index contributed by atoms with van der Waals surface area (Å²) in [4.78, 5) is 37.2. The van der Waals surface area contributed by atoms with Crippen LogP contribution in [0.15, 0.2) is 59.5 Å². The van der Waals surface area contributed by atoms with E-state index in [1.54, 1.807) is 30.3 Å². The number of aliphatic carboxylic acids is 1. The molecule has 0 aliphatic carbocycles. The van der Waals surface area contributed by atoms with E-state index < -0.39 is 12.1 Å². The van der Waals surface area contributed by atoms with Crippen molar-refractivity contribution in [3.8, 4) is 5.75 Å². The Balaban J connectivity index is 1.76. The molecule has 0 saturated carbocycles. The lowest BCUT2D eigenvalue weighted by Crippen LogP contribution is -2.27. The standard InChI is InChI=1S/C20H17NO5S/c1-13(19(23)24)26-16-9-5-8-15(10-16)11-17-18(22)21(20(25)27-17)12-14-6-3-2-4-7-14/h2-11,13H,12H2,1H3,(H,23,24)/b17-11+. The van der Waals surface area contributed by atoms with Crippen molar-refractivity contribution in [2.24, 2.45) is 0 Å². The zero-order valence-corrected chi connectivity index (χ0v) is 15.3. The summed E-state index contributed by atoms with van der Waals surface area (Å²) in [7, 11) is 0. The maximum atomic E-state index is 12.6. The number of carboxylic acids is 1. The SMILES string of the molecule is CC(Oc1cccc(/C=C2/SC(=O)N(Cc3ccccc3)C2=O)c1)C(=O)O. The summed E-state index contributed by atoms with van der Waals surface area (Å²) < 4.78 is 5.33. The number of rotatable bonds is 6. The molecule has 1 N–H and O–H groups in total. The molecule has 2 aromatic rings. The first-order valence-electron chi connectivity index (χ1n) is 8.23. The van der Waals surface area contributed by atoms with E-state index in [-0.39, 0.29) is 17.7 Å². The average molecular weight is 383 g/mol. The predicted octanol–water partition coefficient (Wildman–Crippen LogP) is 3.78. The number of carboxylic acid groups (broad SMARTS) is 1. The Labute approximate surface area is 160 Å². The van der Waals surface area contributed by atoms with Gasteiger partial charge in [-0.25, -0.2) is 4.79 Å². The van der Waals surface area contributed by atoms with E-state index >= 15 is 0 Å². The molecule has 0 bridgehead atoms. The van der Waals surface area contributed by atoms with E-state index in [0.29, 0.717) is 16.2 Å². The highest BCUT2D eigenvalue weighted by Crippen LogP contribution is 2.33. The maximum absolute atomic E-state index is 12.6. The number of hydrogen-bond acceptors (Lipinski definition) is 5. The molecular formula is C20H17NO5S. The number of hydrogen-bond donors (Lipinski definition) is 1. The third kappa shape index (κ3) is 4.57. The highest BCUT2D eigenvalue weighted by atomic mass is 32.2. The first-order valence-corrected chi connectivity index (χ1v) is 9.04. The minimum atomic E-state index is -1.07. The summed E-state index contributed by atoms with van der Waals surface area (Å²) in [5.74, 6) is -1.04. The lowest BCUT2D eigenvalue weighted by molar-refractivity contribution is -0.144. The summed E-state index contributed by atoms with van der Waals surface area (Å²) in [6.07, 6.45) is 0.618. The molecular weight excluding hydrogens is 366 g/mol. The molecule has 0 aromatic heterocycles. The Bertz CT molecular complexity index is 910. The van der Waals surface area contributed by atoms with Gasteiger partial charge < -0.3 is 9.84 Å². The Hall–Kier alpha value is -3.06. The molecule has 1 saturated heterocycles. The number of benzene rings is 2. The van der Waals surface area contributed by atoms with Gasteiger partial charge in [0.1, 0.15) is 5.75 Å². The second kappa shape index (κ2) is 8.09. The molecule has 1 aliphatic heterocycles. The van der Waals surface area contributed by atoms with Crippen molar-refractivity contribution in [2.45, 2.75) is 19.6 Å². The molecule has 6 nitrogen and oxygen atoms in total. The summed E-state index contributed by atoms with van der Waals surface area (Å²) in [6.45, 7) is 1.66. The van der Waals surface area contributed by atoms with Crippen LogP contribution in [0.4, 0.5) is 4.79 Å². The molecule has 1 unspecified atom stereocenters. The summed E-state index contributed by atoms with van der Waals surface area (Å²) in [6, 6.07) is 16.0. The van der Waals surface area contributed by atoms with E-state index in [2.05, 4.69) is 0 Å². The zero-order chi connectivity index (χ0) is 19.4. The first kappa shape index (κ1) is 18.7. The van der Waals surface area contributed by atoms with Gasteiger partial charge in [0.15, 0.2) is 6.10 Å². The van der Waals surface area contributed by atoms with Crippen LogP contribution in [0.1, 0.15) is 18.1 Å². The highest BCUT2D eigenvalue weighted by Gasteiger charge is 2.34. The molecule has 1 atom stereocenters. The summed E-state index contributed by atoms with van der Waals surface area (Å²) in [5.41, 5.74) is 1.52. The molecule has 1 heterocycles. The van der Waals surface area contributed by atoms with Gasteiger partial charge in [0, 0.05) is 0 Å². The fourth-order valence-corrected chi connectivity index (χ4v) is 3.32. The second-order valence-electron chi connectivity index (χ2n) is 5.92. The van der Waals surface area contributed by atoms with Gasteiger partial charge in [0.2, 0.25) is 0 Å². The van der Waals surface area contributed by atoms with Crippen molar-refractivity contribution in [3.05, 3.63) is 70.6 Å². The number of thioether (sulfide) groups is 1. The highest BCUT2D eigenvalue weighted by molar-refractivity contribution is 8.18. The van der Waals surface area contributed by atoms with Gasteiger partial charge in [-0.3, -0.25) is 14.5 Å². The molecule has 1 aliphatic rings. The van der Waals surface area contributed by atoms with Gasteiger partial charge in [-0.2, -0.15) is 0 Å². The van der Waals surface area contributed by atoms with Crippen LogP contribution >= 0.6 is 11.8 Å². The van der Waals surface area contributed by atoms with Crippen LogP contribution in [0.25, 0.3) is 6.08 Å². The normalized spacial score (nSPS) is 16.6. The fourth-order valence-electron chi connectivity index (χ4n) is 2.49. The smallest absolute Gasteiger partial charge is 0.344 e. The average Bonchev–Trinajstić information content (AvgIpc) is 2.90. The molecule has 1 fully saturated rings.